The Bertz CT molecular complexity index is 597. The number of anilines is 1. The minimum absolute atomic E-state index is 0.0421. The van der Waals surface area contributed by atoms with Gasteiger partial charge in [-0.25, -0.2) is 13.4 Å². The molecule has 0 spiro atoms. The summed E-state index contributed by atoms with van der Waals surface area (Å²) in [6.45, 7) is 2.14. The van der Waals surface area contributed by atoms with Gasteiger partial charge in [-0.05, 0) is 31.9 Å². The number of aromatic nitrogens is 1. The summed E-state index contributed by atoms with van der Waals surface area (Å²) in [6, 6.07) is 2.59. The number of pyridine rings is 1. The van der Waals surface area contributed by atoms with Crippen LogP contribution < -0.4 is 10.0 Å². The van der Waals surface area contributed by atoms with Crippen LogP contribution in [0.2, 0.25) is 0 Å². The van der Waals surface area contributed by atoms with Crippen molar-refractivity contribution in [2.45, 2.75) is 36.4 Å². The van der Waals surface area contributed by atoms with Gasteiger partial charge in [0.05, 0.1) is 0 Å². The second-order valence-corrected chi connectivity index (χ2v) is 6.22. The van der Waals surface area contributed by atoms with E-state index in [9.17, 15) is 21.6 Å². The van der Waals surface area contributed by atoms with Gasteiger partial charge in [0, 0.05) is 12.7 Å². The number of hydrogen-bond acceptors (Lipinski definition) is 4. The summed E-state index contributed by atoms with van der Waals surface area (Å²) in [5.74, 6) is 0.0421. The Kier molecular flexibility index (Phi) is 3.67. The maximum Gasteiger partial charge on any atom is 0.407 e. The molecule has 2 N–H and O–H groups in total. The third-order valence-corrected chi connectivity index (χ3v) is 4.59. The first-order valence-corrected chi connectivity index (χ1v) is 7.50. The molecule has 1 heterocycles. The number of alkyl halides is 3. The van der Waals surface area contributed by atoms with Crippen molar-refractivity contribution in [2.24, 2.45) is 0 Å². The summed E-state index contributed by atoms with van der Waals surface area (Å²) in [6.07, 6.45) is -3.71. The highest BCUT2D eigenvalue weighted by Gasteiger charge is 2.65. The zero-order chi connectivity index (χ0) is 15.0. The summed E-state index contributed by atoms with van der Waals surface area (Å²) in [7, 11) is -4.29. The van der Waals surface area contributed by atoms with Gasteiger partial charge in [-0.3, -0.25) is 0 Å². The van der Waals surface area contributed by atoms with Crippen LogP contribution in [0.3, 0.4) is 0 Å². The van der Waals surface area contributed by atoms with Crippen molar-refractivity contribution in [3.63, 3.8) is 0 Å². The Labute approximate surface area is 114 Å². The Balaban J connectivity index is 2.33. The van der Waals surface area contributed by atoms with E-state index in [1.165, 1.54) is 18.3 Å². The van der Waals surface area contributed by atoms with E-state index in [2.05, 4.69) is 10.3 Å². The van der Waals surface area contributed by atoms with Crippen LogP contribution in [0.4, 0.5) is 19.0 Å². The molecule has 1 aliphatic carbocycles. The maximum atomic E-state index is 12.8. The van der Waals surface area contributed by atoms with Gasteiger partial charge in [0.15, 0.2) is 0 Å². The number of sulfonamides is 1. The van der Waals surface area contributed by atoms with Gasteiger partial charge in [0.25, 0.3) is 0 Å². The van der Waals surface area contributed by atoms with Crippen molar-refractivity contribution in [1.82, 2.24) is 9.71 Å². The lowest BCUT2D eigenvalue weighted by molar-refractivity contribution is -0.160. The fourth-order valence-corrected chi connectivity index (χ4v) is 3.37. The lowest BCUT2D eigenvalue weighted by Gasteiger charge is -2.21. The van der Waals surface area contributed by atoms with E-state index in [0.29, 0.717) is 6.54 Å². The second kappa shape index (κ2) is 4.88. The molecule has 1 aromatic heterocycles. The molecule has 0 aromatic carbocycles. The molecule has 1 saturated carbocycles. The zero-order valence-electron chi connectivity index (χ0n) is 10.7. The molecule has 0 radical (unpaired) electrons. The molecule has 9 heteroatoms. The molecule has 5 nitrogen and oxygen atoms in total. The molecule has 0 bridgehead atoms. The molecule has 0 amide bonds. The molecule has 0 unspecified atom stereocenters. The van der Waals surface area contributed by atoms with E-state index >= 15 is 0 Å². The first kappa shape index (κ1) is 15.0. The van der Waals surface area contributed by atoms with Gasteiger partial charge in [0.1, 0.15) is 16.3 Å². The van der Waals surface area contributed by atoms with Crippen molar-refractivity contribution >= 4 is 15.8 Å². The predicted molar refractivity (Wildman–Crippen MR) is 66.7 cm³/mol. The first-order valence-electron chi connectivity index (χ1n) is 6.01. The average molecular weight is 309 g/mol. The number of rotatable bonds is 5. The lowest BCUT2D eigenvalue weighted by atomic mass is 10.3. The highest BCUT2D eigenvalue weighted by atomic mass is 32.2. The number of hydrogen-bond donors (Lipinski definition) is 2. The van der Waals surface area contributed by atoms with Crippen LogP contribution in [0.1, 0.15) is 19.8 Å². The van der Waals surface area contributed by atoms with Gasteiger partial charge >= 0.3 is 6.18 Å². The van der Waals surface area contributed by atoms with Gasteiger partial charge in [-0.15, -0.1) is 0 Å². The first-order chi connectivity index (χ1) is 9.22. The number of halogens is 3. The molecule has 1 aromatic rings. The van der Waals surface area contributed by atoms with E-state index in [-0.39, 0.29) is 23.6 Å². The quantitative estimate of drug-likeness (QED) is 0.871. The van der Waals surface area contributed by atoms with Crippen LogP contribution >= 0.6 is 0 Å². The average Bonchev–Trinajstić information content (AvgIpc) is 3.09. The van der Waals surface area contributed by atoms with Crippen molar-refractivity contribution in [3.8, 4) is 0 Å². The fourth-order valence-electron chi connectivity index (χ4n) is 1.79. The smallest absolute Gasteiger partial charge is 0.369 e. The monoisotopic (exact) mass is 309 g/mol. The maximum absolute atomic E-state index is 12.8. The summed E-state index contributed by atoms with van der Waals surface area (Å²) in [4.78, 5) is 3.56. The Hall–Kier alpha value is -1.35. The fraction of sp³-hybridized carbons (Fsp3) is 0.545. The van der Waals surface area contributed by atoms with E-state index in [4.69, 9.17) is 0 Å². The van der Waals surface area contributed by atoms with Crippen molar-refractivity contribution in [2.75, 3.05) is 11.9 Å². The Morgan fingerprint density at radius 3 is 2.55 bits per heavy atom. The largest absolute Gasteiger partial charge is 0.407 e. The SMILES string of the molecule is CCNc1ncccc1S(=O)(=O)NC1(C(F)(F)F)CC1. The van der Waals surface area contributed by atoms with Crippen LogP contribution in [-0.2, 0) is 10.0 Å². The minimum atomic E-state index is -4.60. The Morgan fingerprint density at radius 2 is 2.05 bits per heavy atom. The topological polar surface area (TPSA) is 71.1 Å². The standard InChI is InChI=1S/C11H14F3N3O2S/c1-2-15-9-8(4-3-7-16-9)20(18,19)17-10(5-6-10)11(12,13)14/h3-4,7,17H,2,5-6H2,1H3,(H,15,16). The van der Waals surface area contributed by atoms with Gasteiger partial charge in [0.2, 0.25) is 10.0 Å². The highest BCUT2D eigenvalue weighted by molar-refractivity contribution is 7.89. The van der Waals surface area contributed by atoms with Crippen LogP contribution in [0, 0.1) is 0 Å². The molecule has 1 aliphatic rings. The molecular formula is C11H14F3N3O2S. The zero-order valence-corrected chi connectivity index (χ0v) is 11.5. The molecule has 0 aliphatic heterocycles. The van der Waals surface area contributed by atoms with Crippen LogP contribution in [0.5, 0.6) is 0 Å². The lowest BCUT2D eigenvalue weighted by Crippen LogP contribution is -2.47. The molecule has 112 valence electrons. The van der Waals surface area contributed by atoms with Crippen molar-refractivity contribution in [3.05, 3.63) is 18.3 Å². The van der Waals surface area contributed by atoms with Crippen LogP contribution in [0.15, 0.2) is 23.2 Å². The molecule has 2 rings (SSSR count). The summed E-state index contributed by atoms with van der Waals surface area (Å²) in [5, 5.41) is 2.72. The predicted octanol–water partition coefficient (Wildman–Crippen LogP) is 1.89. The third-order valence-electron chi connectivity index (χ3n) is 3.03. The van der Waals surface area contributed by atoms with Gasteiger partial charge in [-0.2, -0.15) is 17.9 Å². The Morgan fingerprint density at radius 1 is 1.40 bits per heavy atom. The van der Waals surface area contributed by atoms with Crippen LogP contribution in [-0.4, -0.2) is 31.7 Å². The number of nitrogens with one attached hydrogen (secondary N) is 2. The van der Waals surface area contributed by atoms with Crippen molar-refractivity contribution in [1.29, 1.82) is 0 Å². The van der Waals surface area contributed by atoms with E-state index in [1.54, 1.807) is 11.6 Å². The number of nitrogens with zero attached hydrogens (tertiary/aromatic N) is 1. The minimum Gasteiger partial charge on any atom is -0.369 e. The molecular weight excluding hydrogens is 295 g/mol. The van der Waals surface area contributed by atoms with E-state index < -0.39 is 21.7 Å². The van der Waals surface area contributed by atoms with Crippen molar-refractivity contribution < 1.29 is 21.6 Å². The molecule has 1 fully saturated rings. The molecule has 0 atom stereocenters. The van der Waals surface area contributed by atoms with E-state index in [1.807, 2.05) is 0 Å². The van der Waals surface area contributed by atoms with Crippen LogP contribution in [0.25, 0.3) is 0 Å². The third kappa shape index (κ3) is 2.73. The summed E-state index contributed by atoms with van der Waals surface area (Å²) in [5.41, 5.74) is -2.33. The molecule has 0 saturated heterocycles. The van der Waals surface area contributed by atoms with Gasteiger partial charge < -0.3 is 5.32 Å². The normalized spacial score (nSPS) is 17.8. The summed E-state index contributed by atoms with van der Waals surface area (Å²) < 4.78 is 64.5. The molecule has 20 heavy (non-hydrogen) atoms. The van der Waals surface area contributed by atoms with E-state index in [0.717, 1.165) is 0 Å². The highest BCUT2D eigenvalue weighted by Crippen LogP contribution is 2.49. The van der Waals surface area contributed by atoms with Gasteiger partial charge in [-0.1, -0.05) is 0 Å². The second-order valence-electron chi connectivity index (χ2n) is 4.57. The summed E-state index contributed by atoms with van der Waals surface area (Å²) >= 11 is 0.